The molecular weight excluding hydrogens is 262 g/mol. The van der Waals surface area contributed by atoms with Gasteiger partial charge in [-0.25, -0.2) is 13.8 Å². The predicted molar refractivity (Wildman–Crippen MR) is 70.4 cm³/mol. The van der Waals surface area contributed by atoms with Crippen LogP contribution in [0, 0.1) is 11.6 Å². The fourth-order valence-electron chi connectivity index (χ4n) is 2.49. The Hall–Kier alpha value is -1.82. The van der Waals surface area contributed by atoms with Gasteiger partial charge in [0.2, 0.25) is 0 Å². The second-order valence-corrected chi connectivity index (χ2v) is 5.09. The zero-order valence-electron chi connectivity index (χ0n) is 11.0. The van der Waals surface area contributed by atoms with Crippen LogP contribution in [0.2, 0.25) is 0 Å². The van der Waals surface area contributed by atoms with Crippen LogP contribution in [0.5, 0.6) is 0 Å². The molecule has 106 valence electrons. The summed E-state index contributed by atoms with van der Waals surface area (Å²) in [7, 11) is 0. The minimum Gasteiger partial charge on any atom is -0.317 e. The molecule has 0 unspecified atom stereocenters. The standard InChI is InChI=1S/C14H16F2N4/c15-11-2-1-9(7-12(11)16)8-13-18-14(20-19-13)10-3-5-17-6-4-10/h1-2,7,10,17H,3-6,8H2,(H,18,19,20). The smallest absolute Gasteiger partial charge is 0.159 e. The van der Waals surface area contributed by atoms with E-state index in [1.54, 1.807) is 6.07 Å². The second-order valence-electron chi connectivity index (χ2n) is 5.09. The van der Waals surface area contributed by atoms with Crippen LogP contribution >= 0.6 is 0 Å². The highest BCUT2D eigenvalue weighted by Gasteiger charge is 2.19. The molecule has 1 aliphatic rings. The van der Waals surface area contributed by atoms with Crippen LogP contribution in [0.15, 0.2) is 18.2 Å². The summed E-state index contributed by atoms with van der Waals surface area (Å²) >= 11 is 0. The lowest BCUT2D eigenvalue weighted by atomic mass is 9.98. The van der Waals surface area contributed by atoms with E-state index >= 15 is 0 Å². The number of aromatic nitrogens is 3. The van der Waals surface area contributed by atoms with E-state index in [9.17, 15) is 8.78 Å². The fourth-order valence-corrected chi connectivity index (χ4v) is 2.49. The van der Waals surface area contributed by atoms with E-state index in [4.69, 9.17) is 0 Å². The van der Waals surface area contributed by atoms with Crippen molar-refractivity contribution in [3.8, 4) is 0 Å². The van der Waals surface area contributed by atoms with Gasteiger partial charge in [0.15, 0.2) is 17.5 Å². The van der Waals surface area contributed by atoms with Gasteiger partial charge in [0.25, 0.3) is 0 Å². The molecule has 1 aromatic heterocycles. The van der Waals surface area contributed by atoms with E-state index in [0.717, 1.165) is 37.8 Å². The molecule has 0 bridgehead atoms. The molecule has 0 saturated carbocycles. The first kappa shape index (κ1) is 13.2. The molecule has 0 spiro atoms. The molecule has 4 nitrogen and oxygen atoms in total. The number of benzene rings is 1. The zero-order chi connectivity index (χ0) is 13.9. The first-order valence-corrected chi connectivity index (χ1v) is 6.78. The lowest BCUT2D eigenvalue weighted by Crippen LogP contribution is -2.27. The Bertz CT molecular complexity index is 591. The third kappa shape index (κ3) is 2.85. The third-order valence-corrected chi connectivity index (χ3v) is 3.61. The molecule has 0 aliphatic carbocycles. The molecule has 20 heavy (non-hydrogen) atoms. The van der Waals surface area contributed by atoms with Gasteiger partial charge in [-0.1, -0.05) is 6.07 Å². The van der Waals surface area contributed by atoms with E-state index in [0.29, 0.717) is 23.7 Å². The van der Waals surface area contributed by atoms with Crippen LogP contribution in [0.3, 0.4) is 0 Å². The zero-order valence-corrected chi connectivity index (χ0v) is 11.0. The minimum absolute atomic E-state index is 0.381. The van der Waals surface area contributed by atoms with Crippen LogP contribution in [0.1, 0.15) is 36.0 Å². The number of hydrogen-bond donors (Lipinski definition) is 2. The van der Waals surface area contributed by atoms with Gasteiger partial charge in [-0.05, 0) is 43.6 Å². The maximum absolute atomic E-state index is 13.1. The first-order valence-electron chi connectivity index (χ1n) is 6.78. The van der Waals surface area contributed by atoms with Crippen molar-refractivity contribution in [2.75, 3.05) is 13.1 Å². The monoisotopic (exact) mass is 278 g/mol. The summed E-state index contributed by atoms with van der Waals surface area (Å²) in [5, 5.41) is 10.4. The maximum Gasteiger partial charge on any atom is 0.159 e. The highest BCUT2D eigenvalue weighted by atomic mass is 19.2. The van der Waals surface area contributed by atoms with Gasteiger partial charge in [-0.3, -0.25) is 5.10 Å². The molecule has 1 fully saturated rings. The van der Waals surface area contributed by atoms with Crippen LogP contribution in [0.25, 0.3) is 0 Å². The van der Waals surface area contributed by atoms with Gasteiger partial charge < -0.3 is 5.32 Å². The topological polar surface area (TPSA) is 53.6 Å². The summed E-state index contributed by atoms with van der Waals surface area (Å²) < 4.78 is 26.0. The van der Waals surface area contributed by atoms with Crippen LogP contribution in [0.4, 0.5) is 8.78 Å². The number of H-pyrrole nitrogens is 1. The number of aromatic amines is 1. The number of nitrogens with zero attached hydrogens (tertiary/aromatic N) is 2. The number of halogens is 2. The van der Waals surface area contributed by atoms with Crippen LogP contribution < -0.4 is 5.32 Å². The van der Waals surface area contributed by atoms with Crippen molar-refractivity contribution in [2.24, 2.45) is 0 Å². The molecule has 0 radical (unpaired) electrons. The largest absolute Gasteiger partial charge is 0.317 e. The van der Waals surface area contributed by atoms with E-state index in [1.165, 1.54) is 6.07 Å². The average molecular weight is 278 g/mol. The van der Waals surface area contributed by atoms with Crippen LogP contribution in [-0.4, -0.2) is 28.3 Å². The molecule has 2 heterocycles. The quantitative estimate of drug-likeness (QED) is 0.904. The summed E-state index contributed by atoms with van der Waals surface area (Å²) in [5.41, 5.74) is 0.678. The first-order chi connectivity index (χ1) is 9.72. The van der Waals surface area contributed by atoms with Crippen LogP contribution in [-0.2, 0) is 6.42 Å². The molecule has 0 atom stereocenters. The fraction of sp³-hybridized carbons (Fsp3) is 0.429. The lowest BCUT2D eigenvalue weighted by Gasteiger charge is -2.19. The Morgan fingerprint density at radius 2 is 1.95 bits per heavy atom. The molecular formula is C14H16F2N4. The number of nitrogens with one attached hydrogen (secondary N) is 2. The van der Waals surface area contributed by atoms with E-state index < -0.39 is 11.6 Å². The van der Waals surface area contributed by atoms with Gasteiger partial charge in [-0.2, -0.15) is 5.10 Å². The maximum atomic E-state index is 13.1. The molecule has 6 heteroatoms. The van der Waals surface area contributed by atoms with Crippen molar-refractivity contribution < 1.29 is 8.78 Å². The Morgan fingerprint density at radius 1 is 1.15 bits per heavy atom. The molecule has 0 amide bonds. The molecule has 1 saturated heterocycles. The van der Waals surface area contributed by atoms with Crippen molar-refractivity contribution in [1.82, 2.24) is 20.5 Å². The summed E-state index contributed by atoms with van der Waals surface area (Å²) in [6.07, 6.45) is 2.49. The minimum atomic E-state index is -0.833. The van der Waals surface area contributed by atoms with Crippen molar-refractivity contribution >= 4 is 0 Å². The summed E-state index contributed by atoms with van der Waals surface area (Å²) in [6.45, 7) is 1.97. The van der Waals surface area contributed by atoms with Gasteiger partial charge in [-0.15, -0.1) is 0 Å². The lowest BCUT2D eigenvalue weighted by molar-refractivity contribution is 0.446. The molecule has 1 aliphatic heterocycles. The molecule has 2 N–H and O–H groups in total. The second kappa shape index (κ2) is 5.66. The van der Waals surface area contributed by atoms with Gasteiger partial charge in [0.05, 0.1) is 0 Å². The Morgan fingerprint density at radius 3 is 2.70 bits per heavy atom. The van der Waals surface area contributed by atoms with Gasteiger partial charge >= 0.3 is 0 Å². The average Bonchev–Trinajstić information content (AvgIpc) is 2.92. The summed E-state index contributed by atoms with van der Waals surface area (Å²) in [5.74, 6) is 0.224. The van der Waals surface area contributed by atoms with Gasteiger partial charge in [0.1, 0.15) is 5.82 Å². The molecule has 2 aromatic rings. The number of hydrogen-bond acceptors (Lipinski definition) is 3. The van der Waals surface area contributed by atoms with E-state index in [2.05, 4.69) is 20.5 Å². The number of rotatable bonds is 3. The third-order valence-electron chi connectivity index (χ3n) is 3.61. The normalized spacial score (nSPS) is 16.5. The van der Waals surface area contributed by atoms with Crippen molar-refractivity contribution in [3.63, 3.8) is 0 Å². The highest BCUT2D eigenvalue weighted by molar-refractivity contribution is 5.21. The molecule has 3 rings (SSSR count). The van der Waals surface area contributed by atoms with E-state index in [-0.39, 0.29) is 0 Å². The predicted octanol–water partition coefficient (Wildman–Crippen LogP) is 2.14. The Labute approximate surface area is 115 Å². The summed E-state index contributed by atoms with van der Waals surface area (Å²) in [6, 6.07) is 3.89. The van der Waals surface area contributed by atoms with Crippen molar-refractivity contribution in [3.05, 3.63) is 47.0 Å². The van der Waals surface area contributed by atoms with Crippen molar-refractivity contribution in [2.45, 2.75) is 25.2 Å². The van der Waals surface area contributed by atoms with Crippen molar-refractivity contribution in [1.29, 1.82) is 0 Å². The highest BCUT2D eigenvalue weighted by Crippen LogP contribution is 2.22. The Balaban J connectivity index is 1.71. The molecule has 1 aromatic carbocycles. The van der Waals surface area contributed by atoms with Gasteiger partial charge in [0, 0.05) is 12.3 Å². The summed E-state index contributed by atoms with van der Waals surface area (Å²) in [4.78, 5) is 4.47. The Kier molecular flexibility index (Phi) is 3.73. The van der Waals surface area contributed by atoms with E-state index in [1.807, 2.05) is 0 Å². The number of piperidine rings is 1. The SMILES string of the molecule is Fc1ccc(Cc2nc(C3CCNCC3)n[nH]2)cc1F.